The van der Waals surface area contributed by atoms with Gasteiger partial charge in [-0.05, 0) is 49.1 Å². The normalized spacial score (nSPS) is 10.6. The summed E-state index contributed by atoms with van der Waals surface area (Å²) in [7, 11) is 0. The molecule has 0 radical (unpaired) electrons. The van der Waals surface area contributed by atoms with Crippen molar-refractivity contribution in [2.75, 3.05) is 0 Å². The molecule has 1 aromatic heterocycles. The summed E-state index contributed by atoms with van der Waals surface area (Å²) in [6.07, 6.45) is 1.17. The first-order valence-electron chi connectivity index (χ1n) is 5.47. The highest BCUT2D eigenvalue weighted by Gasteiger charge is 2.18. The van der Waals surface area contributed by atoms with Crippen LogP contribution < -0.4 is 0 Å². The molecule has 0 spiro atoms. The molecular formula is C13H11ClFNO2. The standard InChI is InChI=1S/C13H11ClFNO2/c1-8-12(13(14)17)11(16-18-8)7-4-9-2-5-10(15)6-3-9/h2-3,5-6H,4,7H2,1H3. The van der Waals surface area contributed by atoms with Crippen molar-refractivity contribution >= 4 is 16.8 Å². The number of carbonyl (C=O) groups is 1. The fourth-order valence-electron chi connectivity index (χ4n) is 1.75. The Morgan fingerprint density at radius 2 is 2.00 bits per heavy atom. The van der Waals surface area contributed by atoms with E-state index >= 15 is 0 Å². The predicted molar refractivity (Wildman–Crippen MR) is 65.2 cm³/mol. The van der Waals surface area contributed by atoms with Gasteiger partial charge >= 0.3 is 0 Å². The second kappa shape index (κ2) is 5.31. The molecule has 0 bridgehead atoms. The van der Waals surface area contributed by atoms with Gasteiger partial charge in [0, 0.05) is 0 Å². The van der Waals surface area contributed by atoms with Crippen molar-refractivity contribution in [3.05, 3.63) is 52.7 Å². The highest BCUT2D eigenvalue weighted by molar-refractivity contribution is 6.68. The van der Waals surface area contributed by atoms with Crippen LogP contribution in [0, 0.1) is 12.7 Å². The zero-order valence-corrected chi connectivity index (χ0v) is 10.5. The number of carbonyl (C=O) groups excluding carboxylic acids is 1. The Kier molecular flexibility index (Phi) is 3.77. The van der Waals surface area contributed by atoms with Crippen LogP contribution in [0.25, 0.3) is 0 Å². The van der Waals surface area contributed by atoms with E-state index in [2.05, 4.69) is 5.16 Å². The lowest BCUT2D eigenvalue weighted by Crippen LogP contribution is -1.99. The van der Waals surface area contributed by atoms with Gasteiger partial charge in [-0.2, -0.15) is 0 Å². The van der Waals surface area contributed by atoms with E-state index in [4.69, 9.17) is 16.1 Å². The fourth-order valence-corrected chi connectivity index (χ4v) is 2.00. The van der Waals surface area contributed by atoms with Gasteiger partial charge in [0.15, 0.2) is 0 Å². The maximum absolute atomic E-state index is 12.7. The lowest BCUT2D eigenvalue weighted by atomic mass is 10.1. The molecule has 3 nitrogen and oxygen atoms in total. The average Bonchev–Trinajstić information content (AvgIpc) is 2.70. The zero-order chi connectivity index (χ0) is 13.1. The molecular weight excluding hydrogens is 257 g/mol. The summed E-state index contributed by atoms with van der Waals surface area (Å²) < 4.78 is 17.7. The highest BCUT2D eigenvalue weighted by atomic mass is 35.5. The van der Waals surface area contributed by atoms with Gasteiger partial charge in [-0.3, -0.25) is 4.79 Å². The van der Waals surface area contributed by atoms with Crippen LogP contribution in [0.2, 0.25) is 0 Å². The topological polar surface area (TPSA) is 43.1 Å². The van der Waals surface area contributed by atoms with E-state index in [1.807, 2.05) is 0 Å². The van der Waals surface area contributed by atoms with Gasteiger partial charge in [0.1, 0.15) is 11.6 Å². The number of rotatable bonds is 4. The van der Waals surface area contributed by atoms with Gasteiger partial charge in [-0.1, -0.05) is 17.3 Å². The van der Waals surface area contributed by atoms with Crippen LogP contribution in [0.5, 0.6) is 0 Å². The number of hydrogen-bond acceptors (Lipinski definition) is 3. The smallest absolute Gasteiger partial charge is 0.257 e. The molecule has 0 saturated heterocycles. The first-order valence-corrected chi connectivity index (χ1v) is 5.85. The van der Waals surface area contributed by atoms with E-state index < -0.39 is 5.24 Å². The van der Waals surface area contributed by atoms with Crippen LogP contribution in [0.3, 0.4) is 0 Å². The molecule has 0 unspecified atom stereocenters. The molecule has 0 aliphatic heterocycles. The monoisotopic (exact) mass is 267 g/mol. The van der Waals surface area contributed by atoms with Gasteiger partial charge in [-0.15, -0.1) is 0 Å². The molecule has 1 aromatic carbocycles. The third kappa shape index (κ3) is 2.76. The van der Waals surface area contributed by atoms with Gasteiger partial charge in [0.2, 0.25) is 0 Å². The second-order valence-electron chi connectivity index (χ2n) is 3.96. The minimum absolute atomic E-state index is 0.271. The summed E-state index contributed by atoms with van der Waals surface area (Å²) in [5.74, 6) is 0.150. The minimum atomic E-state index is -0.567. The summed E-state index contributed by atoms with van der Waals surface area (Å²) in [5.41, 5.74) is 1.83. The zero-order valence-electron chi connectivity index (χ0n) is 9.74. The number of hydrogen-bond donors (Lipinski definition) is 0. The van der Waals surface area contributed by atoms with Gasteiger partial charge < -0.3 is 4.52 Å². The van der Waals surface area contributed by atoms with Gasteiger partial charge in [0.25, 0.3) is 5.24 Å². The maximum atomic E-state index is 12.7. The van der Waals surface area contributed by atoms with Crippen LogP contribution in [0.1, 0.15) is 27.4 Å². The molecule has 5 heteroatoms. The summed E-state index contributed by atoms with van der Waals surface area (Å²) >= 11 is 5.47. The number of aromatic nitrogens is 1. The summed E-state index contributed by atoms with van der Waals surface area (Å²) in [5, 5.41) is 3.25. The maximum Gasteiger partial charge on any atom is 0.257 e. The Morgan fingerprint density at radius 1 is 1.33 bits per heavy atom. The Bertz CT molecular complexity index is 563. The highest BCUT2D eigenvalue weighted by Crippen LogP contribution is 2.18. The molecule has 18 heavy (non-hydrogen) atoms. The van der Waals surface area contributed by atoms with Crippen molar-refractivity contribution in [3.8, 4) is 0 Å². The van der Waals surface area contributed by atoms with Crippen molar-refractivity contribution < 1.29 is 13.7 Å². The number of aryl methyl sites for hydroxylation is 3. The van der Waals surface area contributed by atoms with E-state index in [9.17, 15) is 9.18 Å². The van der Waals surface area contributed by atoms with Crippen LogP contribution in [0.15, 0.2) is 28.8 Å². The molecule has 0 fully saturated rings. The third-order valence-electron chi connectivity index (χ3n) is 2.69. The number of nitrogens with zero attached hydrogens (tertiary/aromatic N) is 1. The Labute approximate surface area is 109 Å². The minimum Gasteiger partial charge on any atom is -0.361 e. The van der Waals surface area contributed by atoms with Gasteiger partial charge in [0.05, 0.1) is 11.3 Å². The lowest BCUT2D eigenvalue weighted by Gasteiger charge is -2.00. The lowest BCUT2D eigenvalue weighted by molar-refractivity contribution is 0.107. The molecule has 0 aliphatic carbocycles. The predicted octanol–water partition coefficient (Wildman–Crippen LogP) is 3.29. The Balaban J connectivity index is 2.11. The molecule has 94 valence electrons. The number of benzene rings is 1. The van der Waals surface area contributed by atoms with Crippen LogP contribution >= 0.6 is 11.6 Å². The first-order chi connectivity index (χ1) is 8.58. The van der Waals surface area contributed by atoms with Crippen LogP contribution in [0.4, 0.5) is 4.39 Å². The third-order valence-corrected chi connectivity index (χ3v) is 2.88. The largest absolute Gasteiger partial charge is 0.361 e. The SMILES string of the molecule is Cc1onc(CCc2ccc(F)cc2)c1C(=O)Cl. The van der Waals surface area contributed by atoms with Crippen molar-refractivity contribution in [1.82, 2.24) is 5.16 Å². The molecule has 1 heterocycles. The first kappa shape index (κ1) is 12.8. The van der Waals surface area contributed by atoms with Crippen molar-refractivity contribution in [3.63, 3.8) is 0 Å². The quantitative estimate of drug-likeness (QED) is 0.799. The summed E-state index contributed by atoms with van der Waals surface area (Å²) in [6.45, 7) is 1.64. The molecule has 0 saturated carbocycles. The fraction of sp³-hybridized carbons (Fsp3) is 0.231. The van der Waals surface area contributed by atoms with Crippen LogP contribution in [-0.4, -0.2) is 10.4 Å². The van der Waals surface area contributed by atoms with E-state index in [1.54, 1.807) is 19.1 Å². The van der Waals surface area contributed by atoms with Crippen molar-refractivity contribution in [2.45, 2.75) is 19.8 Å². The molecule has 0 aliphatic rings. The molecule has 2 rings (SSSR count). The second-order valence-corrected chi connectivity index (χ2v) is 4.30. The molecule has 2 aromatic rings. The van der Waals surface area contributed by atoms with Crippen molar-refractivity contribution in [1.29, 1.82) is 0 Å². The van der Waals surface area contributed by atoms with Crippen LogP contribution in [-0.2, 0) is 12.8 Å². The summed E-state index contributed by atoms with van der Waals surface area (Å²) in [6, 6.07) is 6.20. The Hall–Kier alpha value is -1.68. The van der Waals surface area contributed by atoms with Gasteiger partial charge in [-0.25, -0.2) is 4.39 Å². The van der Waals surface area contributed by atoms with Crippen molar-refractivity contribution in [2.24, 2.45) is 0 Å². The van der Waals surface area contributed by atoms with E-state index in [1.165, 1.54) is 12.1 Å². The van der Waals surface area contributed by atoms with E-state index in [0.717, 1.165) is 5.56 Å². The number of halogens is 2. The molecule has 0 atom stereocenters. The molecule has 0 amide bonds. The van der Waals surface area contributed by atoms with E-state index in [-0.39, 0.29) is 5.82 Å². The molecule has 0 N–H and O–H groups in total. The Morgan fingerprint density at radius 3 is 2.61 bits per heavy atom. The van der Waals surface area contributed by atoms with E-state index in [0.29, 0.717) is 29.9 Å². The summed E-state index contributed by atoms with van der Waals surface area (Å²) in [4.78, 5) is 11.2. The average molecular weight is 268 g/mol.